The number of piperidine rings is 1. The Labute approximate surface area is 90.4 Å². The highest BCUT2D eigenvalue weighted by Gasteiger charge is 2.24. The second-order valence-corrected chi connectivity index (χ2v) is 4.88. The van der Waals surface area contributed by atoms with Gasteiger partial charge in [0.05, 0.1) is 5.75 Å². The molecule has 0 aliphatic carbocycles. The first-order valence-corrected chi connectivity index (χ1v) is 6.57. The van der Waals surface area contributed by atoms with E-state index in [0.717, 1.165) is 25.9 Å². The van der Waals surface area contributed by atoms with Crippen LogP contribution in [0.2, 0.25) is 0 Å². The zero-order chi connectivity index (χ0) is 10.6. The minimum Gasteiger partial charge on any atom is -0.342 e. The van der Waals surface area contributed by atoms with E-state index < -0.39 is 0 Å². The monoisotopic (exact) mass is 216 g/mol. The van der Waals surface area contributed by atoms with Gasteiger partial charge in [-0.1, -0.05) is 0 Å². The lowest BCUT2D eigenvalue weighted by molar-refractivity contribution is -0.129. The lowest BCUT2D eigenvalue weighted by Gasteiger charge is -2.33. The van der Waals surface area contributed by atoms with Gasteiger partial charge in [0.2, 0.25) is 5.91 Å². The Kier molecular flexibility index (Phi) is 4.75. The molecule has 0 saturated carbocycles. The first kappa shape index (κ1) is 11.9. The van der Waals surface area contributed by atoms with Crippen molar-refractivity contribution in [2.75, 3.05) is 25.1 Å². The smallest absolute Gasteiger partial charge is 0.232 e. The summed E-state index contributed by atoms with van der Waals surface area (Å²) in [5, 5.41) is 0. The van der Waals surface area contributed by atoms with E-state index in [0.29, 0.717) is 11.7 Å². The van der Waals surface area contributed by atoms with Crippen LogP contribution in [-0.4, -0.2) is 41.9 Å². The highest BCUT2D eigenvalue weighted by Crippen LogP contribution is 2.19. The maximum atomic E-state index is 11.5. The van der Waals surface area contributed by atoms with Crippen LogP contribution in [0.25, 0.3) is 0 Å². The van der Waals surface area contributed by atoms with Crippen LogP contribution in [-0.2, 0) is 4.79 Å². The molecule has 1 aliphatic rings. The topological polar surface area (TPSA) is 46.3 Å². The number of carbonyl (C=O) groups is 1. The van der Waals surface area contributed by atoms with Crippen molar-refractivity contribution in [3.63, 3.8) is 0 Å². The largest absolute Gasteiger partial charge is 0.342 e. The molecule has 0 aromatic carbocycles. The van der Waals surface area contributed by atoms with Crippen molar-refractivity contribution in [2.24, 2.45) is 11.7 Å². The summed E-state index contributed by atoms with van der Waals surface area (Å²) in [6.07, 6.45) is 4.10. The van der Waals surface area contributed by atoms with Crippen molar-refractivity contribution >= 4 is 17.7 Å². The molecule has 0 aromatic rings. The molecule has 1 amide bonds. The van der Waals surface area contributed by atoms with E-state index in [1.54, 1.807) is 11.8 Å². The molecular formula is C10H20N2OS. The molecule has 0 bridgehead atoms. The molecule has 1 fully saturated rings. The second kappa shape index (κ2) is 5.61. The summed E-state index contributed by atoms with van der Waals surface area (Å²) in [6.45, 7) is 3.85. The minimum absolute atomic E-state index is 0.271. The molecule has 3 nitrogen and oxygen atoms in total. The van der Waals surface area contributed by atoms with E-state index in [1.807, 2.05) is 11.2 Å². The summed E-state index contributed by atoms with van der Waals surface area (Å²) in [5.74, 6) is 1.50. The summed E-state index contributed by atoms with van der Waals surface area (Å²) in [6, 6.07) is 0.271. The number of likely N-dealkylation sites (tertiary alicyclic amines) is 1. The van der Waals surface area contributed by atoms with Crippen LogP contribution in [0.15, 0.2) is 0 Å². The number of nitrogens with two attached hydrogens (primary N) is 1. The Morgan fingerprint density at radius 3 is 2.57 bits per heavy atom. The average molecular weight is 216 g/mol. The highest BCUT2D eigenvalue weighted by atomic mass is 32.2. The molecule has 1 atom stereocenters. The zero-order valence-corrected chi connectivity index (χ0v) is 9.85. The molecule has 0 aromatic heterocycles. The van der Waals surface area contributed by atoms with E-state index >= 15 is 0 Å². The van der Waals surface area contributed by atoms with Gasteiger partial charge in [0.15, 0.2) is 0 Å². The van der Waals surface area contributed by atoms with Crippen LogP contribution in [0.1, 0.15) is 19.8 Å². The molecule has 4 heteroatoms. The van der Waals surface area contributed by atoms with Gasteiger partial charge < -0.3 is 10.6 Å². The van der Waals surface area contributed by atoms with E-state index in [4.69, 9.17) is 5.73 Å². The van der Waals surface area contributed by atoms with Crippen molar-refractivity contribution in [3.05, 3.63) is 0 Å². The van der Waals surface area contributed by atoms with Gasteiger partial charge in [-0.3, -0.25) is 4.79 Å². The standard InChI is InChI=1S/C10H20N2OS/c1-8(11)9-3-5-12(6-4-9)10(13)7-14-2/h8-9H,3-7,11H2,1-2H3. The minimum atomic E-state index is 0.271. The number of carbonyl (C=O) groups excluding carboxylic acids is 1. The van der Waals surface area contributed by atoms with Crippen molar-refractivity contribution in [3.8, 4) is 0 Å². The SMILES string of the molecule is CSCC(=O)N1CCC(C(C)N)CC1. The highest BCUT2D eigenvalue weighted by molar-refractivity contribution is 7.99. The van der Waals surface area contributed by atoms with Crippen molar-refractivity contribution in [1.82, 2.24) is 4.90 Å². The number of thioether (sulfide) groups is 1. The van der Waals surface area contributed by atoms with Gasteiger partial charge in [0.1, 0.15) is 0 Å². The van der Waals surface area contributed by atoms with Gasteiger partial charge in [-0.2, -0.15) is 11.8 Å². The van der Waals surface area contributed by atoms with Crippen LogP contribution >= 0.6 is 11.8 Å². The predicted octanol–water partition coefficient (Wildman–Crippen LogP) is 0.935. The van der Waals surface area contributed by atoms with Gasteiger partial charge in [-0.15, -0.1) is 0 Å². The fourth-order valence-electron chi connectivity index (χ4n) is 1.89. The number of nitrogens with zero attached hydrogens (tertiary/aromatic N) is 1. The Balaban J connectivity index is 2.31. The van der Waals surface area contributed by atoms with Crippen molar-refractivity contribution in [2.45, 2.75) is 25.8 Å². The number of rotatable bonds is 3. The molecule has 0 radical (unpaired) electrons. The maximum absolute atomic E-state index is 11.5. The lowest BCUT2D eigenvalue weighted by atomic mass is 9.91. The molecule has 1 aliphatic heterocycles. The van der Waals surface area contributed by atoms with Crippen LogP contribution in [0.4, 0.5) is 0 Å². The van der Waals surface area contributed by atoms with Gasteiger partial charge in [0.25, 0.3) is 0 Å². The summed E-state index contributed by atoms with van der Waals surface area (Å²) in [7, 11) is 0. The summed E-state index contributed by atoms with van der Waals surface area (Å²) < 4.78 is 0. The summed E-state index contributed by atoms with van der Waals surface area (Å²) >= 11 is 1.59. The molecule has 0 spiro atoms. The van der Waals surface area contributed by atoms with Gasteiger partial charge in [-0.25, -0.2) is 0 Å². The van der Waals surface area contributed by atoms with Crippen LogP contribution in [0, 0.1) is 5.92 Å². The molecular weight excluding hydrogens is 196 g/mol. The van der Waals surface area contributed by atoms with Gasteiger partial charge in [0, 0.05) is 19.1 Å². The normalized spacial score (nSPS) is 20.9. The molecule has 1 unspecified atom stereocenters. The third-order valence-corrected chi connectivity index (χ3v) is 3.44. The Morgan fingerprint density at radius 1 is 1.57 bits per heavy atom. The van der Waals surface area contributed by atoms with Gasteiger partial charge >= 0.3 is 0 Å². The number of hydrogen-bond acceptors (Lipinski definition) is 3. The third kappa shape index (κ3) is 3.17. The molecule has 1 saturated heterocycles. The van der Waals surface area contributed by atoms with Gasteiger partial charge in [-0.05, 0) is 31.9 Å². The third-order valence-electron chi connectivity index (χ3n) is 2.90. The first-order valence-electron chi connectivity index (χ1n) is 5.17. The Bertz CT molecular complexity index is 189. The molecule has 1 rings (SSSR count). The fraction of sp³-hybridized carbons (Fsp3) is 0.900. The summed E-state index contributed by atoms with van der Waals surface area (Å²) in [4.78, 5) is 13.5. The van der Waals surface area contributed by atoms with Crippen molar-refractivity contribution in [1.29, 1.82) is 0 Å². The lowest BCUT2D eigenvalue weighted by Crippen LogP contribution is -2.43. The average Bonchev–Trinajstić information content (AvgIpc) is 2.18. The molecule has 82 valence electrons. The van der Waals surface area contributed by atoms with E-state index in [-0.39, 0.29) is 11.9 Å². The van der Waals surface area contributed by atoms with Crippen LogP contribution in [0.5, 0.6) is 0 Å². The second-order valence-electron chi connectivity index (χ2n) is 4.01. The first-order chi connectivity index (χ1) is 6.65. The van der Waals surface area contributed by atoms with Crippen LogP contribution < -0.4 is 5.73 Å². The fourth-order valence-corrected chi connectivity index (χ4v) is 2.32. The van der Waals surface area contributed by atoms with E-state index in [2.05, 4.69) is 6.92 Å². The Morgan fingerprint density at radius 2 is 2.14 bits per heavy atom. The van der Waals surface area contributed by atoms with Crippen LogP contribution in [0.3, 0.4) is 0 Å². The quantitative estimate of drug-likeness (QED) is 0.763. The maximum Gasteiger partial charge on any atom is 0.232 e. The molecule has 2 N–H and O–H groups in total. The molecule has 1 heterocycles. The number of amides is 1. The number of hydrogen-bond donors (Lipinski definition) is 1. The van der Waals surface area contributed by atoms with Crippen molar-refractivity contribution < 1.29 is 4.79 Å². The predicted molar refractivity (Wildman–Crippen MR) is 61.3 cm³/mol. The summed E-state index contributed by atoms with van der Waals surface area (Å²) in [5.41, 5.74) is 5.84. The zero-order valence-electron chi connectivity index (χ0n) is 9.03. The Hall–Kier alpha value is -0.220. The van der Waals surface area contributed by atoms with E-state index in [9.17, 15) is 4.79 Å². The van der Waals surface area contributed by atoms with E-state index in [1.165, 1.54) is 0 Å². The molecule has 14 heavy (non-hydrogen) atoms.